The Morgan fingerprint density at radius 1 is 1.80 bits per heavy atom. The van der Waals surface area contributed by atoms with E-state index in [4.69, 9.17) is 5.26 Å². The number of nitrogens with zero attached hydrogens (tertiary/aromatic N) is 3. The summed E-state index contributed by atoms with van der Waals surface area (Å²) in [6, 6.07) is 1.99. The lowest BCUT2D eigenvalue weighted by Crippen LogP contribution is -2.23. The first kappa shape index (κ1) is 11.8. The summed E-state index contributed by atoms with van der Waals surface area (Å²) in [5.74, 6) is 0.747. The van der Waals surface area contributed by atoms with Crippen LogP contribution in [0, 0.1) is 11.3 Å². The highest BCUT2D eigenvalue weighted by molar-refractivity contribution is 7.99. The van der Waals surface area contributed by atoms with Crippen LogP contribution in [0.2, 0.25) is 0 Å². The maximum Gasteiger partial charge on any atom is 0.343 e. The summed E-state index contributed by atoms with van der Waals surface area (Å²) < 4.78 is 1.45. The van der Waals surface area contributed by atoms with Crippen LogP contribution in [0.5, 0.6) is 0 Å². The molecular formula is C8H13N5OS. The highest BCUT2D eigenvalue weighted by Crippen LogP contribution is 2.13. The third-order valence-electron chi connectivity index (χ3n) is 1.98. The number of rotatable bonds is 5. The molecular weight excluding hydrogens is 214 g/mol. The van der Waals surface area contributed by atoms with Gasteiger partial charge in [-0.2, -0.15) is 5.26 Å². The predicted octanol–water partition coefficient (Wildman–Crippen LogP) is -0.298. The minimum Gasteiger partial charge on any atom is -0.305 e. The monoisotopic (exact) mass is 227 g/mol. The van der Waals surface area contributed by atoms with Crippen LogP contribution in [0.15, 0.2) is 9.95 Å². The van der Waals surface area contributed by atoms with Crippen molar-refractivity contribution in [3.63, 3.8) is 0 Å². The van der Waals surface area contributed by atoms with Gasteiger partial charge in [-0.3, -0.25) is 4.57 Å². The Labute approximate surface area is 91.7 Å². The van der Waals surface area contributed by atoms with E-state index in [9.17, 15) is 4.79 Å². The molecule has 15 heavy (non-hydrogen) atoms. The van der Waals surface area contributed by atoms with E-state index < -0.39 is 0 Å². The predicted molar refractivity (Wildman–Crippen MR) is 57.6 cm³/mol. The van der Waals surface area contributed by atoms with E-state index in [1.165, 1.54) is 16.3 Å². The van der Waals surface area contributed by atoms with Gasteiger partial charge < -0.3 is 5.32 Å². The minimum absolute atomic E-state index is 0.145. The Kier molecular flexibility index (Phi) is 4.39. The van der Waals surface area contributed by atoms with Gasteiger partial charge in [-0.25, -0.2) is 9.89 Å². The molecule has 0 fully saturated rings. The molecule has 0 radical (unpaired) electrons. The van der Waals surface area contributed by atoms with E-state index in [2.05, 4.69) is 21.6 Å². The Morgan fingerprint density at radius 2 is 2.53 bits per heavy atom. The van der Waals surface area contributed by atoms with Crippen molar-refractivity contribution in [1.82, 2.24) is 20.1 Å². The molecule has 82 valence electrons. The van der Waals surface area contributed by atoms with Crippen molar-refractivity contribution in [3.8, 4) is 6.07 Å². The van der Waals surface area contributed by atoms with Crippen LogP contribution in [-0.2, 0) is 7.05 Å². The molecule has 2 N–H and O–H groups in total. The number of hydrogen-bond acceptors (Lipinski definition) is 5. The van der Waals surface area contributed by atoms with E-state index >= 15 is 0 Å². The van der Waals surface area contributed by atoms with E-state index in [1.54, 1.807) is 14.1 Å². The molecule has 1 aromatic rings. The molecule has 0 saturated carbocycles. The molecule has 0 amide bonds. The molecule has 0 spiro atoms. The minimum atomic E-state index is -0.219. The lowest BCUT2D eigenvalue weighted by molar-refractivity contribution is 0.662. The lowest BCUT2D eigenvalue weighted by atomic mass is 10.3. The van der Waals surface area contributed by atoms with Gasteiger partial charge in [0.25, 0.3) is 0 Å². The number of nitrogens with one attached hydrogen (secondary N) is 2. The Bertz CT molecular complexity index is 404. The number of hydrogen-bond donors (Lipinski definition) is 2. The van der Waals surface area contributed by atoms with Crippen LogP contribution in [0.3, 0.4) is 0 Å². The quantitative estimate of drug-likeness (QED) is 0.675. The van der Waals surface area contributed by atoms with Crippen molar-refractivity contribution in [2.45, 2.75) is 17.6 Å². The third-order valence-corrected chi connectivity index (χ3v) is 3.04. The van der Waals surface area contributed by atoms with Gasteiger partial charge in [0.2, 0.25) is 0 Å². The molecule has 6 nitrogen and oxygen atoms in total. The van der Waals surface area contributed by atoms with Crippen LogP contribution in [0.25, 0.3) is 0 Å². The van der Waals surface area contributed by atoms with Crippen LogP contribution in [0.1, 0.15) is 6.42 Å². The summed E-state index contributed by atoms with van der Waals surface area (Å²) in [5, 5.41) is 18.4. The van der Waals surface area contributed by atoms with Gasteiger partial charge in [0.15, 0.2) is 5.16 Å². The van der Waals surface area contributed by atoms with Crippen LogP contribution >= 0.6 is 11.8 Å². The molecule has 0 aliphatic heterocycles. The second-order valence-electron chi connectivity index (χ2n) is 2.98. The molecule has 1 heterocycles. The van der Waals surface area contributed by atoms with Crippen molar-refractivity contribution in [2.75, 3.05) is 12.8 Å². The lowest BCUT2D eigenvalue weighted by Gasteiger charge is -2.05. The summed E-state index contributed by atoms with van der Waals surface area (Å²) >= 11 is 1.46. The van der Waals surface area contributed by atoms with Gasteiger partial charge in [0.1, 0.15) is 0 Å². The Hall–Kier alpha value is -1.26. The molecule has 0 aliphatic carbocycles. The van der Waals surface area contributed by atoms with Gasteiger partial charge in [0.05, 0.1) is 12.1 Å². The van der Waals surface area contributed by atoms with Crippen LogP contribution in [0.4, 0.5) is 0 Å². The molecule has 1 aromatic heterocycles. The first-order chi connectivity index (χ1) is 7.19. The third kappa shape index (κ3) is 3.11. The molecule has 0 bridgehead atoms. The number of thioether (sulfide) groups is 1. The Morgan fingerprint density at radius 3 is 3.00 bits per heavy atom. The highest BCUT2D eigenvalue weighted by atomic mass is 32.2. The molecule has 0 aromatic carbocycles. The van der Waals surface area contributed by atoms with Crippen LogP contribution < -0.4 is 11.0 Å². The SMILES string of the molecule is CNC(C#N)CCSc1n[nH]c(=O)n1C. The number of aromatic nitrogens is 3. The Balaban J connectivity index is 2.42. The fraction of sp³-hybridized carbons (Fsp3) is 0.625. The fourth-order valence-corrected chi connectivity index (χ4v) is 1.93. The van der Waals surface area contributed by atoms with E-state index in [0.29, 0.717) is 5.16 Å². The van der Waals surface area contributed by atoms with Crippen molar-refractivity contribution in [2.24, 2.45) is 7.05 Å². The molecule has 1 rings (SSSR count). The maximum atomic E-state index is 11.0. The smallest absolute Gasteiger partial charge is 0.305 e. The van der Waals surface area contributed by atoms with E-state index in [0.717, 1.165) is 12.2 Å². The zero-order valence-corrected chi connectivity index (χ0v) is 9.47. The fourth-order valence-electron chi connectivity index (χ4n) is 1.00. The van der Waals surface area contributed by atoms with Crippen molar-refractivity contribution < 1.29 is 0 Å². The topological polar surface area (TPSA) is 86.5 Å². The summed E-state index contributed by atoms with van der Waals surface area (Å²) in [7, 11) is 3.41. The van der Waals surface area contributed by atoms with Gasteiger partial charge >= 0.3 is 5.69 Å². The zero-order chi connectivity index (χ0) is 11.3. The van der Waals surface area contributed by atoms with E-state index in [-0.39, 0.29) is 11.7 Å². The summed E-state index contributed by atoms with van der Waals surface area (Å²) in [5.41, 5.74) is -0.219. The maximum absolute atomic E-state index is 11.0. The second kappa shape index (κ2) is 5.58. The van der Waals surface area contributed by atoms with Gasteiger partial charge in [0, 0.05) is 12.8 Å². The average molecular weight is 227 g/mol. The molecule has 7 heteroatoms. The van der Waals surface area contributed by atoms with Crippen LogP contribution in [-0.4, -0.2) is 33.6 Å². The average Bonchev–Trinajstić information content (AvgIpc) is 2.56. The largest absolute Gasteiger partial charge is 0.343 e. The normalized spacial score (nSPS) is 12.3. The van der Waals surface area contributed by atoms with Gasteiger partial charge in [-0.1, -0.05) is 11.8 Å². The summed E-state index contributed by atoms with van der Waals surface area (Å²) in [6.45, 7) is 0. The molecule has 0 aliphatic rings. The van der Waals surface area contributed by atoms with E-state index in [1.807, 2.05) is 0 Å². The highest BCUT2D eigenvalue weighted by Gasteiger charge is 2.07. The number of aromatic amines is 1. The van der Waals surface area contributed by atoms with Crippen molar-refractivity contribution in [3.05, 3.63) is 10.5 Å². The zero-order valence-electron chi connectivity index (χ0n) is 8.65. The standard InChI is InChI=1S/C8H13N5OS/c1-10-6(5-9)3-4-15-8-12-11-7(14)13(8)2/h6,10H,3-4H2,1-2H3,(H,11,14). The summed E-state index contributed by atoms with van der Waals surface area (Å²) in [4.78, 5) is 11.0. The first-order valence-electron chi connectivity index (χ1n) is 4.50. The molecule has 1 unspecified atom stereocenters. The van der Waals surface area contributed by atoms with Crippen molar-refractivity contribution >= 4 is 11.8 Å². The summed E-state index contributed by atoms with van der Waals surface area (Å²) in [6.07, 6.45) is 0.721. The van der Waals surface area contributed by atoms with Gasteiger partial charge in [-0.15, -0.1) is 5.10 Å². The number of nitriles is 1. The first-order valence-corrected chi connectivity index (χ1v) is 5.48. The van der Waals surface area contributed by atoms with Crippen molar-refractivity contribution in [1.29, 1.82) is 5.26 Å². The molecule has 1 atom stereocenters. The van der Waals surface area contributed by atoms with Gasteiger partial charge in [-0.05, 0) is 13.5 Å². The second-order valence-corrected chi connectivity index (χ2v) is 4.04. The molecule has 0 saturated heterocycles. The number of H-pyrrole nitrogens is 1.